The number of amides is 1. The molecule has 1 aliphatic rings. The van der Waals surface area contributed by atoms with Crippen LogP contribution in [0.4, 0.5) is 0 Å². The lowest BCUT2D eigenvalue weighted by Crippen LogP contribution is -2.43. The maximum atomic E-state index is 11.8. The first-order valence-electron chi connectivity index (χ1n) is 6.52. The number of carbonyl (C=O) groups is 1. The Morgan fingerprint density at radius 2 is 2.29 bits per heavy atom. The SMILES string of the molecule is CCOCC(C)NC(=O)CN1CCCNCC1. The van der Waals surface area contributed by atoms with Crippen LogP contribution in [0.1, 0.15) is 20.3 Å². The van der Waals surface area contributed by atoms with Crippen molar-refractivity contribution in [2.24, 2.45) is 0 Å². The van der Waals surface area contributed by atoms with Gasteiger partial charge in [-0.3, -0.25) is 9.69 Å². The van der Waals surface area contributed by atoms with Crippen molar-refractivity contribution in [3.05, 3.63) is 0 Å². The summed E-state index contributed by atoms with van der Waals surface area (Å²) in [6.07, 6.45) is 1.11. The highest BCUT2D eigenvalue weighted by atomic mass is 16.5. The molecule has 1 saturated heterocycles. The Hall–Kier alpha value is -0.650. The van der Waals surface area contributed by atoms with Crippen molar-refractivity contribution < 1.29 is 9.53 Å². The van der Waals surface area contributed by atoms with Crippen LogP contribution in [0.3, 0.4) is 0 Å². The Kier molecular flexibility index (Phi) is 7.16. The standard InChI is InChI=1S/C12H25N3O2/c1-3-17-10-11(2)14-12(16)9-15-7-4-5-13-6-8-15/h11,13H,3-10H2,1-2H3,(H,14,16). The molecule has 0 aromatic carbocycles. The number of nitrogens with one attached hydrogen (secondary N) is 2. The Balaban J connectivity index is 2.18. The van der Waals surface area contributed by atoms with Gasteiger partial charge in [0.05, 0.1) is 13.2 Å². The van der Waals surface area contributed by atoms with Gasteiger partial charge in [0.1, 0.15) is 0 Å². The normalized spacial score (nSPS) is 19.6. The topological polar surface area (TPSA) is 53.6 Å². The minimum absolute atomic E-state index is 0.0903. The fourth-order valence-electron chi connectivity index (χ4n) is 1.92. The lowest BCUT2D eigenvalue weighted by molar-refractivity contribution is -0.123. The monoisotopic (exact) mass is 243 g/mol. The predicted molar refractivity (Wildman–Crippen MR) is 68.0 cm³/mol. The van der Waals surface area contributed by atoms with Gasteiger partial charge in [0.25, 0.3) is 0 Å². The second-order valence-electron chi connectivity index (χ2n) is 4.51. The summed E-state index contributed by atoms with van der Waals surface area (Å²) >= 11 is 0. The van der Waals surface area contributed by atoms with E-state index in [2.05, 4.69) is 15.5 Å². The molecular formula is C12H25N3O2. The van der Waals surface area contributed by atoms with Crippen LogP contribution in [0.2, 0.25) is 0 Å². The molecule has 1 fully saturated rings. The first-order valence-corrected chi connectivity index (χ1v) is 6.52. The number of nitrogens with zero attached hydrogens (tertiary/aromatic N) is 1. The smallest absolute Gasteiger partial charge is 0.234 e. The highest BCUT2D eigenvalue weighted by molar-refractivity contribution is 5.78. The van der Waals surface area contributed by atoms with Gasteiger partial charge in [-0.2, -0.15) is 0 Å². The predicted octanol–water partition coefficient (Wildman–Crippen LogP) is -0.177. The summed E-state index contributed by atoms with van der Waals surface area (Å²) in [6.45, 7) is 9.68. The first kappa shape index (κ1) is 14.4. The average molecular weight is 243 g/mol. The van der Waals surface area contributed by atoms with Crippen molar-refractivity contribution in [1.82, 2.24) is 15.5 Å². The molecule has 1 rings (SSSR count). The van der Waals surface area contributed by atoms with Gasteiger partial charge in [0, 0.05) is 25.7 Å². The van der Waals surface area contributed by atoms with E-state index in [4.69, 9.17) is 4.74 Å². The summed E-state index contributed by atoms with van der Waals surface area (Å²) in [5.74, 6) is 0.0964. The van der Waals surface area contributed by atoms with Crippen molar-refractivity contribution in [3.8, 4) is 0 Å². The van der Waals surface area contributed by atoms with Crippen LogP contribution in [0.15, 0.2) is 0 Å². The average Bonchev–Trinajstić information content (AvgIpc) is 2.54. The third kappa shape index (κ3) is 6.61. The molecule has 0 saturated carbocycles. The van der Waals surface area contributed by atoms with Gasteiger partial charge in [-0.1, -0.05) is 0 Å². The van der Waals surface area contributed by atoms with Crippen LogP contribution in [0, 0.1) is 0 Å². The zero-order valence-corrected chi connectivity index (χ0v) is 11.0. The van der Waals surface area contributed by atoms with E-state index in [1.54, 1.807) is 0 Å². The van der Waals surface area contributed by atoms with Crippen molar-refractivity contribution in [1.29, 1.82) is 0 Å². The van der Waals surface area contributed by atoms with Crippen LogP contribution < -0.4 is 10.6 Å². The summed E-state index contributed by atoms with van der Waals surface area (Å²) in [5.41, 5.74) is 0. The fraction of sp³-hybridized carbons (Fsp3) is 0.917. The van der Waals surface area contributed by atoms with Crippen molar-refractivity contribution >= 4 is 5.91 Å². The molecule has 17 heavy (non-hydrogen) atoms. The summed E-state index contributed by atoms with van der Waals surface area (Å²) < 4.78 is 5.27. The van der Waals surface area contributed by atoms with E-state index in [-0.39, 0.29) is 11.9 Å². The van der Waals surface area contributed by atoms with Gasteiger partial charge >= 0.3 is 0 Å². The molecule has 0 aromatic heterocycles. The largest absolute Gasteiger partial charge is 0.380 e. The molecule has 1 heterocycles. The fourth-order valence-corrected chi connectivity index (χ4v) is 1.92. The van der Waals surface area contributed by atoms with E-state index in [9.17, 15) is 4.79 Å². The van der Waals surface area contributed by atoms with E-state index in [1.165, 1.54) is 0 Å². The molecule has 0 radical (unpaired) electrons. The Bertz CT molecular complexity index is 216. The summed E-state index contributed by atoms with van der Waals surface area (Å²) in [6, 6.07) is 0.0903. The molecule has 1 amide bonds. The van der Waals surface area contributed by atoms with Crippen molar-refractivity contribution in [2.75, 3.05) is 45.9 Å². The second-order valence-corrected chi connectivity index (χ2v) is 4.51. The third-order valence-electron chi connectivity index (χ3n) is 2.78. The minimum Gasteiger partial charge on any atom is -0.380 e. The quantitative estimate of drug-likeness (QED) is 0.680. The first-order chi connectivity index (χ1) is 8.22. The Labute approximate surface area is 104 Å². The van der Waals surface area contributed by atoms with Gasteiger partial charge in [-0.25, -0.2) is 0 Å². The highest BCUT2D eigenvalue weighted by Gasteiger charge is 2.14. The molecule has 0 bridgehead atoms. The number of hydrogen-bond donors (Lipinski definition) is 2. The summed E-state index contributed by atoms with van der Waals surface area (Å²) in [5, 5.41) is 6.28. The molecule has 2 N–H and O–H groups in total. The molecule has 0 spiro atoms. The minimum atomic E-state index is 0.0903. The van der Waals surface area contributed by atoms with Gasteiger partial charge in [-0.15, -0.1) is 0 Å². The molecule has 5 heteroatoms. The molecule has 1 unspecified atom stereocenters. The maximum Gasteiger partial charge on any atom is 0.234 e. The Morgan fingerprint density at radius 1 is 1.47 bits per heavy atom. The number of hydrogen-bond acceptors (Lipinski definition) is 4. The van der Waals surface area contributed by atoms with E-state index >= 15 is 0 Å². The third-order valence-corrected chi connectivity index (χ3v) is 2.78. The van der Waals surface area contributed by atoms with Crippen LogP contribution in [-0.2, 0) is 9.53 Å². The molecule has 1 aliphatic heterocycles. The lowest BCUT2D eigenvalue weighted by atomic mass is 10.3. The zero-order valence-electron chi connectivity index (χ0n) is 11.0. The van der Waals surface area contributed by atoms with Crippen LogP contribution in [0.25, 0.3) is 0 Å². The van der Waals surface area contributed by atoms with Crippen LogP contribution in [0.5, 0.6) is 0 Å². The number of carbonyl (C=O) groups excluding carboxylic acids is 1. The van der Waals surface area contributed by atoms with E-state index in [0.717, 1.165) is 32.6 Å². The van der Waals surface area contributed by atoms with Gasteiger partial charge in [0.2, 0.25) is 5.91 Å². The molecule has 1 atom stereocenters. The molecule has 100 valence electrons. The molecule has 0 aromatic rings. The van der Waals surface area contributed by atoms with Gasteiger partial charge < -0.3 is 15.4 Å². The molecule has 5 nitrogen and oxygen atoms in total. The second kappa shape index (κ2) is 8.44. The van der Waals surface area contributed by atoms with Crippen LogP contribution >= 0.6 is 0 Å². The van der Waals surface area contributed by atoms with E-state index in [1.807, 2.05) is 13.8 Å². The van der Waals surface area contributed by atoms with E-state index < -0.39 is 0 Å². The van der Waals surface area contributed by atoms with Gasteiger partial charge in [0.15, 0.2) is 0 Å². The zero-order chi connectivity index (χ0) is 12.5. The lowest BCUT2D eigenvalue weighted by Gasteiger charge is -2.20. The van der Waals surface area contributed by atoms with Crippen LogP contribution in [-0.4, -0.2) is 62.8 Å². The highest BCUT2D eigenvalue weighted by Crippen LogP contribution is 1.95. The number of rotatable bonds is 6. The molecule has 0 aliphatic carbocycles. The van der Waals surface area contributed by atoms with E-state index in [0.29, 0.717) is 19.8 Å². The number of ether oxygens (including phenoxy) is 1. The maximum absolute atomic E-state index is 11.8. The van der Waals surface area contributed by atoms with Crippen molar-refractivity contribution in [2.45, 2.75) is 26.3 Å². The summed E-state index contributed by atoms with van der Waals surface area (Å²) in [7, 11) is 0. The summed E-state index contributed by atoms with van der Waals surface area (Å²) in [4.78, 5) is 14.0. The van der Waals surface area contributed by atoms with Crippen molar-refractivity contribution in [3.63, 3.8) is 0 Å². The van der Waals surface area contributed by atoms with Gasteiger partial charge in [-0.05, 0) is 33.4 Å². The molecular weight excluding hydrogens is 218 g/mol. The Morgan fingerprint density at radius 3 is 3.06 bits per heavy atom.